The van der Waals surface area contributed by atoms with Crippen molar-refractivity contribution < 1.29 is 23.2 Å². The van der Waals surface area contributed by atoms with Crippen LogP contribution in [0.3, 0.4) is 0 Å². The molecule has 54 heavy (non-hydrogen) atoms. The number of benzene rings is 1. The average molecular weight is 739 g/mol. The SMILES string of the molecule is [C-]#[N+]c1cccc(C(=O)Nc2cn(C3CCC(CN4CCN(CC#Cc5cccc6c5n(C)c(=O)n6C5CCC(=O)NC5=O)CC4)CC3)nc2C(F)F)n1. The fourth-order valence-electron chi connectivity index (χ4n) is 7.75. The lowest BCUT2D eigenvalue weighted by Gasteiger charge is -2.37. The normalized spacial score (nSPS) is 21.1. The van der Waals surface area contributed by atoms with E-state index in [-0.39, 0.29) is 47.7 Å². The molecule has 1 aromatic carbocycles. The maximum Gasteiger partial charge on any atom is 0.329 e. The van der Waals surface area contributed by atoms with Gasteiger partial charge in [0.05, 0.1) is 34.9 Å². The molecule has 0 bridgehead atoms. The number of carbonyl (C=O) groups is 3. The zero-order valence-corrected chi connectivity index (χ0v) is 29.8. The van der Waals surface area contributed by atoms with Crippen molar-refractivity contribution >= 4 is 40.3 Å². The van der Waals surface area contributed by atoms with Crippen LogP contribution >= 0.6 is 0 Å². The number of piperazine rings is 1. The van der Waals surface area contributed by atoms with E-state index in [1.54, 1.807) is 17.8 Å². The predicted molar refractivity (Wildman–Crippen MR) is 195 cm³/mol. The van der Waals surface area contributed by atoms with Crippen LogP contribution in [0.4, 0.5) is 20.3 Å². The largest absolute Gasteiger partial charge is 0.361 e. The Labute approximate surface area is 309 Å². The van der Waals surface area contributed by atoms with E-state index in [1.807, 2.05) is 12.1 Å². The number of fused-ring (bicyclic) bond motifs is 1. The van der Waals surface area contributed by atoms with Gasteiger partial charge in [-0.05, 0) is 62.3 Å². The van der Waals surface area contributed by atoms with Crippen molar-refractivity contribution in [2.45, 2.75) is 57.0 Å². The maximum absolute atomic E-state index is 13.9. The highest BCUT2D eigenvalue weighted by molar-refractivity contribution is 6.03. The van der Waals surface area contributed by atoms with E-state index in [0.717, 1.165) is 58.4 Å². The molecule has 0 spiro atoms. The fraction of sp³-hybridized carbons (Fsp3) is 0.447. The minimum absolute atomic E-state index is 0.0332. The first-order valence-electron chi connectivity index (χ1n) is 18.1. The first kappa shape index (κ1) is 36.6. The molecule has 2 saturated heterocycles. The Bertz CT molecular complexity index is 2240. The number of rotatable bonds is 8. The van der Waals surface area contributed by atoms with Gasteiger partial charge in [-0.3, -0.25) is 38.4 Å². The van der Waals surface area contributed by atoms with Crippen LogP contribution in [0.2, 0.25) is 0 Å². The maximum atomic E-state index is 13.9. The average Bonchev–Trinajstić information content (AvgIpc) is 3.71. The second-order valence-corrected chi connectivity index (χ2v) is 14.1. The van der Waals surface area contributed by atoms with Gasteiger partial charge < -0.3 is 15.1 Å². The zero-order chi connectivity index (χ0) is 37.9. The summed E-state index contributed by atoms with van der Waals surface area (Å²) in [5, 5.41) is 9.02. The second kappa shape index (κ2) is 15.7. The lowest BCUT2D eigenvalue weighted by Crippen LogP contribution is -2.48. The van der Waals surface area contributed by atoms with Gasteiger partial charge in [0.15, 0.2) is 5.69 Å². The van der Waals surface area contributed by atoms with Gasteiger partial charge >= 0.3 is 5.69 Å². The van der Waals surface area contributed by atoms with Gasteiger partial charge in [0.2, 0.25) is 17.5 Å². The minimum Gasteiger partial charge on any atom is -0.361 e. The number of piperidine rings is 1. The standard InChI is InChI=1S/C38H40F2N10O4/c1-41-31-10-4-8-27(42-31)36(52)43-28-23-49(45-33(28)35(39)40)26-13-11-24(12-14-26)22-48-20-18-47(19-21-48)17-5-7-25-6-3-9-29-34(25)46(2)38(54)50(29)30-15-16-32(51)44-37(30)53/h3-4,6,8-10,23-24,26,30,35H,11-22H2,2H3,(H,43,52)(H,44,51,53). The summed E-state index contributed by atoms with van der Waals surface area (Å²) < 4.78 is 32.4. The summed E-state index contributed by atoms with van der Waals surface area (Å²) >= 11 is 0. The number of imide groups is 1. The van der Waals surface area contributed by atoms with Gasteiger partial charge in [0, 0.05) is 52.4 Å². The van der Waals surface area contributed by atoms with Crippen molar-refractivity contribution in [1.29, 1.82) is 0 Å². The van der Waals surface area contributed by atoms with E-state index in [9.17, 15) is 28.0 Å². The number of nitrogens with zero attached hydrogens (tertiary/aromatic N) is 8. The molecule has 1 atom stereocenters. The molecule has 3 amide bonds. The van der Waals surface area contributed by atoms with Crippen LogP contribution in [0.1, 0.15) is 78.8 Å². The van der Waals surface area contributed by atoms with Gasteiger partial charge in [-0.1, -0.05) is 30.5 Å². The lowest BCUT2D eigenvalue weighted by atomic mass is 9.85. The van der Waals surface area contributed by atoms with E-state index in [4.69, 9.17) is 6.57 Å². The molecule has 5 heterocycles. The molecule has 1 saturated carbocycles. The highest BCUT2D eigenvalue weighted by atomic mass is 19.3. The molecule has 16 heteroatoms. The van der Waals surface area contributed by atoms with Crippen molar-refractivity contribution in [3.63, 3.8) is 0 Å². The summed E-state index contributed by atoms with van der Waals surface area (Å²) in [6.07, 6.45) is 2.53. The first-order valence-corrected chi connectivity index (χ1v) is 18.1. The summed E-state index contributed by atoms with van der Waals surface area (Å²) in [6, 6.07) is 9.10. The third-order valence-electron chi connectivity index (χ3n) is 10.6. The van der Waals surface area contributed by atoms with Gasteiger partial charge in [-0.2, -0.15) is 5.10 Å². The molecule has 2 N–H and O–H groups in total. The Hall–Kier alpha value is -5.71. The molecule has 14 nitrogen and oxygen atoms in total. The number of aryl methyl sites for hydroxylation is 1. The fourth-order valence-corrected chi connectivity index (χ4v) is 7.75. The summed E-state index contributed by atoms with van der Waals surface area (Å²) in [5.74, 6) is 5.58. The van der Waals surface area contributed by atoms with Crippen LogP contribution in [0, 0.1) is 24.3 Å². The van der Waals surface area contributed by atoms with Gasteiger partial charge in [-0.25, -0.2) is 13.6 Å². The quantitative estimate of drug-likeness (QED) is 0.157. The molecule has 1 unspecified atom stereocenters. The molecular formula is C38H40F2N10O4. The molecule has 3 aromatic heterocycles. The number of aromatic nitrogens is 5. The molecular weight excluding hydrogens is 698 g/mol. The number of hydrogen-bond acceptors (Lipinski definition) is 8. The van der Waals surface area contributed by atoms with Crippen molar-refractivity contribution in [3.8, 4) is 11.8 Å². The number of alkyl halides is 2. The zero-order valence-electron chi connectivity index (χ0n) is 29.8. The number of para-hydroxylation sites is 1. The Morgan fingerprint density at radius 1 is 1.04 bits per heavy atom. The van der Waals surface area contributed by atoms with Crippen molar-refractivity contribution in [2.24, 2.45) is 13.0 Å². The van der Waals surface area contributed by atoms with Gasteiger partial charge in [-0.15, -0.1) is 4.98 Å². The van der Waals surface area contributed by atoms with E-state index in [0.29, 0.717) is 29.1 Å². The topological polar surface area (TPSA) is 144 Å². The van der Waals surface area contributed by atoms with Gasteiger partial charge in [0.25, 0.3) is 18.2 Å². The number of imidazole rings is 1. The monoisotopic (exact) mass is 738 g/mol. The highest BCUT2D eigenvalue weighted by Crippen LogP contribution is 2.35. The number of anilines is 1. The third-order valence-corrected chi connectivity index (χ3v) is 10.6. The number of nitrogens with one attached hydrogen (secondary N) is 2. The number of amides is 3. The van der Waals surface area contributed by atoms with Crippen LogP contribution in [0.15, 0.2) is 47.4 Å². The van der Waals surface area contributed by atoms with E-state index >= 15 is 0 Å². The van der Waals surface area contributed by atoms with Crippen LogP contribution < -0.4 is 16.3 Å². The summed E-state index contributed by atoms with van der Waals surface area (Å²) in [5.41, 5.74) is 1.08. The summed E-state index contributed by atoms with van der Waals surface area (Å²) in [4.78, 5) is 62.1. The first-order chi connectivity index (χ1) is 26.1. The lowest BCUT2D eigenvalue weighted by molar-refractivity contribution is -0.135. The van der Waals surface area contributed by atoms with E-state index in [1.165, 1.54) is 33.5 Å². The molecule has 3 aliphatic rings. The number of hydrogen-bond donors (Lipinski definition) is 2. The van der Waals surface area contributed by atoms with E-state index < -0.39 is 30.0 Å². The van der Waals surface area contributed by atoms with Crippen molar-refractivity contribution in [1.82, 2.24) is 39.0 Å². The van der Waals surface area contributed by atoms with Crippen molar-refractivity contribution in [3.05, 3.63) is 81.4 Å². The summed E-state index contributed by atoms with van der Waals surface area (Å²) in [7, 11) is 1.67. The molecule has 1 aliphatic carbocycles. The number of carbonyl (C=O) groups excluding carboxylic acids is 3. The van der Waals surface area contributed by atoms with Gasteiger partial charge in [0.1, 0.15) is 6.04 Å². The van der Waals surface area contributed by atoms with Crippen LogP contribution in [0.25, 0.3) is 15.9 Å². The minimum atomic E-state index is -2.87. The predicted octanol–water partition coefficient (Wildman–Crippen LogP) is 4.05. The number of pyridine rings is 1. The van der Waals surface area contributed by atoms with Crippen LogP contribution in [0.5, 0.6) is 0 Å². The molecule has 4 aromatic rings. The smallest absolute Gasteiger partial charge is 0.329 e. The Kier molecular flexibility index (Phi) is 10.7. The Morgan fingerprint density at radius 2 is 1.78 bits per heavy atom. The molecule has 2 aliphatic heterocycles. The van der Waals surface area contributed by atoms with Crippen LogP contribution in [-0.4, -0.2) is 90.7 Å². The molecule has 7 rings (SSSR count). The molecule has 3 fully saturated rings. The molecule has 280 valence electrons. The third kappa shape index (κ3) is 7.67. The van der Waals surface area contributed by atoms with Crippen molar-refractivity contribution in [2.75, 3.05) is 44.6 Å². The number of halogens is 2. The highest BCUT2D eigenvalue weighted by Gasteiger charge is 2.32. The summed E-state index contributed by atoms with van der Waals surface area (Å²) in [6.45, 7) is 12.2. The second-order valence-electron chi connectivity index (χ2n) is 14.1. The Morgan fingerprint density at radius 3 is 2.50 bits per heavy atom. The van der Waals surface area contributed by atoms with Crippen LogP contribution in [-0.2, 0) is 16.6 Å². The molecule has 0 radical (unpaired) electrons. The Balaban J connectivity index is 0.900. The van der Waals surface area contributed by atoms with E-state index in [2.05, 4.69) is 47.2 Å².